The zero-order valence-corrected chi connectivity index (χ0v) is 12.2. The first-order valence-corrected chi connectivity index (χ1v) is 6.56. The molecule has 0 saturated heterocycles. The second-order valence-corrected chi connectivity index (χ2v) is 5.49. The number of rotatable bonds is 7. The van der Waals surface area contributed by atoms with Crippen LogP contribution in [0, 0.1) is 5.92 Å². The van der Waals surface area contributed by atoms with Gasteiger partial charge in [-0.15, -0.1) is 0 Å². The van der Waals surface area contributed by atoms with Crippen molar-refractivity contribution in [3.05, 3.63) is 0 Å². The molecule has 0 aliphatic rings. The highest BCUT2D eigenvalue weighted by atomic mass is 16.2. The molecule has 0 fully saturated rings. The molecule has 0 aliphatic heterocycles. The molecule has 1 amide bonds. The molecule has 3 N–H and O–H groups in total. The Hall–Kier alpha value is -0.610. The van der Waals surface area contributed by atoms with E-state index in [0.29, 0.717) is 18.6 Å². The summed E-state index contributed by atoms with van der Waals surface area (Å²) < 4.78 is 0. The van der Waals surface area contributed by atoms with Crippen molar-refractivity contribution >= 4 is 5.91 Å². The summed E-state index contributed by atoms with van der Waals surface area (Å²) in [5.41, 5.74) is 5.77. The molecular formula is C13H29N3O. The minimum atomic E-state index is -0.401. The van der Waals surface area contributed by atoms with Crippen LogP contribution in [0.2, 0.25) is 0 Å². The Morgan fingerprint density at radius 2 is 1.59 bits per heavy atom. The molecule has 102 valence electrons. The fourth-order valence-electron chi connectivity index (χ4n) is 1.84. The van der Waals surface area contributed by atoms with Gasteiger partial charge in [0.15, 0.2) is 0 Å². The molecule has 0 saturated carbocycles. The van der Waals surface area contributed by atoms with E-state index in [2.05, 4.69) is 37.9 Å². The summed E-state index contributed by atoms with van der Waals surface area (Å²) in [6, 6.07) is 0.581. The normalized spacial score (nSPS) is 13.8. The molecule has 0 bridgehead atoms. The highest BCUT2D eigenvalue weighted by molar-refractivity contribution is 5.81. The minimum Gasteiger partial charge on any atom is -0.353 e. The maximum Gasteiger partial charge on any atom is 0.237 e. The van der Waals surface area contributed by atoms with Crippen LogP contribution in [-0.4, -0.2) is 42.0 Å². The van der Waals surface area contributed by atoms with Gasteiger partial charge in [-0.25, -0.2) is 0 Å². The first-order chi connectivity index (χ1) is 7.77. The molecule has 0 heterocycles. The largest absolute Gasteiger partial charge is 0.353 e. The number of nitrogens with two attached hydrogens (primary N) is 1. The van der Waals surface area contributed by atoms with Crippen LogP contribution in [-0.2, 0) is 4.79 Å². The molecule has 4 heteroatoms. The predicted octanol–water partition coefficient (Wildman–Crippen LogP) is 1.20. The van der Waals surface area contributed by atoms with E-state index >= 15 is 0 Å². The fourth-order valence-corrected chi connectivity index (χ4v) is 1.84. The average molecular weight is 243 g/mol. The number of carbonyl (C=O) groups is 1. The van der Waals surface area contributed by atoms with Crippen LogP contribution in [0.25, 0.3) is 0 Å². The summed E-state index contributed by atoms with van der Waals surface area (Å²) in [5.74, 6) is 0.133. The number of nitrogens with zero attached hydrogens (tertiary/aromatic N) is 1. The molecule has 0 spiro atoms. The zero-order chi connectivity index (χ0) is 13.6. The van der Waals surface area contributed by atoms with Crippen LogP contribution in [0.1, 0.15) is 41.5 Å². The number of carbonyl (C=O) groups excluding carboxylic acids is 1. The number of hydrogen-bond acceptors (Lipinski definition) is 3. The summed E-state index contributed by atoms with van der Waals surface area (Å²) in [6.07, 6.45) is 0. The lowest BCUT2D eigenvalue weighted by Crippen LogP contribution is -2.47. The van der Waals surface area contributed by atoms with Gasteiger partial charge in [-0.1, -0.05) is 13.8 Å². The summed E-state index contributed by atoms with van der Waals surface area (Å²) >= 11 is 0. The highest BCUT2D eigenvalue weighted by Gasteiger charge is 2.17. The summed E-state index contributed by atoms with van der Waals surface area (Å²) in [7, 11) is 0. The molecule has 0 radical (unpaired) electrons. The molecule has 17 heavy (non-hydrogen) atoms. The maximum absolute atomic E-state index is 11.7. The molecule has 4 nitrogen and oxygen atoms in total. The van der Waals surface area contributed by atoms with Gasteiger partial charge in [-0.2, -0.15) is 0 Å². The Kier molecular flexibility index (Phi) is 7.39. The Morgan fingerprint density at radius 3 is 1.94 bits per heavy atom. The van der Waals surface area contributed by atoms with Gasteiger partial charge in [0.05, 0.1) is 6.04 Å². The molecular weight excluding hydrogens is 214 g/mol. The van der Waals surface area contributed by atoms with Crippen LogP contribution in [0.4, 0.5) is 0 Å². The van der Waals surface area contributed by atoms with Gasteiger partial charge in [0.2, 0.25) is 5.91 Å². The van der Waals surface area contributed by atoms with E-state index in [4.69, 9.17) is 5.73 Å². The number of hydrogen-bond donors (Lipinski definition) is 2. The third kappa shape index (κ3) is 6.03. The van der Waals surface area contributed by atoms with Crippen molar-refractivity contribution in [1.29, 1.82) is 0 Å². The Morgan fingerprint density at radius 1 is 1.12 bits per heavy atom. The standard InChI is InChI=1S/C13H29N3O/c1-9(2)12(14)13(17)15-7-8-16(10(3)4)11(5)6/h9-12H,7-8,14H2,1-6H3,(H,15,17). The molecule has 0 aromatic rings. The van der Waals surface area contributed by atoms with Crippen molar-refractivity contribution < 1.29 is 4.79 Å². The van der Waals surface area contributed by atoms with Crippen molar-refractivity contribution in [2.24, 2.45) is 11.7 Å². The van der Waals surface area contributed by atoms with Gasteiger partial charge < -0.3 is 11.1 Å². The van der Waals surface area contributed by atoms with Crippen LogP contribution in [0.5, 0.6) is 0 Å². The Labute approximate surface area is 106 Å². The monoisotopic (exact) mass is 243 g/mol. The van der Waals surface area contributed by atoms with E-state index in [0.717, 1.165) is 6.54 Å². The van der Waals surface area contributed by atoms with Gasteiger partial charge in [-0.05, 0) is 33.6 Å². The van der Waals surface area contributed by atoms with Gasteiger partial charge in [0, 0.05) is 25.2 Å². The second-order valence-electron chi connectivity index (χ2n) is 5.49. The number of amides is 1. The van der Waals surface area contributed by atoms with E-state index in [1.807, 2.05) is 13.8 Å². The topological polar surface area (TPSA) is 58.4 Å². The Balaban J connectivity index is 4.01. The third-order valence-corrected chi connectivity index (χ3v) is 3.02. The van der Waals surface area contributed by atoms with Crippen LogP contribution < -0.4 is 11.1 Å². The van der Waals surface area contributed by atoms with Crippen molar-refractivity contribution in [1.82, 2.24) is 10.2 Å². The summed E-state index contributed by atoms with van der Waals surface area (Å²) in [5, 5.41) is 2.90. The van der Waals surface area contributed by atoms with E-state index < -0.39 is 6.04 Å². The molecule has 0 aromatic heterocycles. The van der Waals surface area contributed by atoms with E-state index in [-0.39, 0.29) is 11.8 Å². The SMILES string of the molecule is CC(C)C(N)C(=O)NCCN(C(C)C)C(C)C. The van der Waals surface area contributed by atoms with Crippen LogP contribution in [0.15, 0.2) is 0 Å². The quantitative estimate of drug-likeness (QED) is 0.706. The molecule has 1 unspecified atom stereocenters. The van der Waals surface area contributed by atoms with Gasteiger partial charge in [0.25, 0.3) is 0 Å². The smallest absolute Gasteiger partial charge is 0.237 e. The third-order valence-electron chi connectivity index (χ3n) is 3.02. The lowest BCUT2D eigenvalue weighted by atomic mass is 10.1. The Bertz CT molecular complexity index is 219. The zero-order valence-electron chi connectivity index (χ0n) is 12.2. The highest BCUT2D eigenvalue weighted by Crippen LogP contribution is 2.03. The van der Waals surface area contributed by atoms with Crippen LogP contribution in [0.3, 0.4) is 0 Å². The van der Waals surface area contributed by atoms with Crippen molar-refractivity contribution in [3.63, 3.8) is 0 Å². The number of nitrogens with one attached hydrogen (secondary N) is 1. The van der Waals surface area contributed by atoms with Crippen molar-refractivity contribution in [2.45, 2.75) is 59.7 Å². The summed E-state index contributed by atoms with van der Waals surface area (Å²) in [4.78, 5) is 14.0. The van der Waals surface area contributed by atoms with Gasteiger partial charge >= 0.3 is 0 Å². The van der Waals surface area contributed by atoms with E-state index in [1.165, 1.54) is 0 Å². The van der Waals surface area contributed by atoms with Crippen molar-refractivity contribution in [3.8, 4) is 0 Å². The lowest BCUT2D eigenvalue weighted by Gasteiger charge is -2.30. The minimum absolute atomic E-state index is 0.0486. The second kappa shape index (κ2) is 7.67. The van der Waals surface area contributed by atoms with E-state index in [1.54, 1.807) is 0 Å². The molecule has 0 aliphatic carbocycles. The molecule has 0 aromatic carbocycles. The van der Waals surface area contributed by atoms with Gasteiger partial charge in [0.1, 0.15) is 0 Å². The summed E-state index contributed by atoms with van der Waals surface area (Å²) in [6.45, 7) is 14.1. The molecule has 1 atom stereocenters. The van der Waals surface area contributed by atoms with E-state index in [9.17, 15) is 4.79 Å². The predicted molar refractivity (Wildman–Crippen MR) is 72.8 cm³/mol. The first-order valence-electron chi connectivity index (χ1n) is 6.56. The first kappa shape index (κ1) is 16.4. The average Bonchev–Trinajstić information content (AvgIpc) is 2.21. The fraction of sp³-hybridized carbons (Fsp3) is 0.923. The molecule has 0 rings (SSSR count). The maximum atomic E-state index is 11.7. The van der Waals surface area contributed by atoms with Crippen LogP contribution >= 0.6 is 0 Å². The van der Waals surface area contributed by atoms with Crippen molar-refractivity contribution in [2.75, 3.05) is 13.1 Å². The van der Waals surface area contributed by atoms with Gasteiger partial charge in [-0.3, -0.25) is 9.69 Å². The lowest BCUT2D eigenvalue weighted by molar-refractivity contribution is -0.123.